The Balaban J connectivity index is 2.55. The van der Waals surface area contributed by atoms with Crippen LogP contribution in [0.4, 0.5) is 5.69 Å². The maximum absolute atomic E-state index is 10.4. The zero-order valence-electron chi connectivity index (χ0n) is 9.46. The number of benzene rings is 1. The first kappa shape index (κ1) is 13.0. The average molecular weight is 286 g/mol. The molecular weight excluding hydrogens is 270 g/mol. The summed E-state index contributed by atoms with van der Waals surface area (Å²) in [7, 11) is 0. The van der Waals surface area contributed by atoms with Crippen LogP contribution in [0.15, 0.2) is 22.7 Å². The van der Waals surface area contributed by atoms with Gasteiger partial charge in [0.25, 0.3) is 0 Å². The summed E-state index contributed by atoms with van der Waals surface area (Å²) in [5.74, 6) is -0.751. The largest absolute Gasteiger partial charge is 0.481 e. The highest BCUT2D eigenvalue weighted by atomic mass is 79.9. The number of halogens is 1. The first-order valence-electron chi connectivity index (χ1n) is 5.23. The highest BCUT2D eigenvalue weighted by Gasteiger charge is 2.05. The van der Waals surface area contributed by atoms with Gasteiger partial charge >= 0.3 is 5.97 Å². The molecule has 1 atom stereocenters. The highest BCUT2D eigenvalue weighted by molar-refractivity contribution is 9.10. The van der Waals surface area contributed by atoms with Gasteiger partial charge in [-0.1, -0.05) is 15.9 Å². The van der Waals surface area contributed by atoms with E-state index in [1.807, 2.05) is 32.0 Å². The molecule has 3 nitrogen and oxygen atoms in total. The normalized spacial score (nSPS) is 12.2. The number of hydrogen-bond acceptors (Lipinski definition) is 2. The molecule has 0 aliphatic heterocycles. The van der Waals surface area contributed by atoms with Gasteiger partial charge in [0.1, 0.15) is 0 Å². The maximum Gasteiger partial charge on any atom is 0.303 e. The van der Waals surface area contributed by atoms with Crippen LogP contribution in [-0.2, 0) is 4.79 Å². The molecule has 0 amide bonds. The van der Waals surface area contributed by atoms with Crippen molar-refractivity contribution in [3.05, 3.63) is 28.2 Å². The second kappa shape index (κ2) is 5.89. The predicted molar refractivity (Wildman–Crippen MR) is 68.8 cm³/mol. The summed E-state index contributed by atoms with van der Waals surface area (Å²) in [6, 6.07) is 6.23. The molecule has 0 saturated heterocycles. The van der Waals surface area contributed by atoms with Crippen molar-refractivity contribution in [1.29, 1.82) is 0 Å². The fourth-order valence-corrected chi connectivity index (χ4v) is 2.12. The Labute approximate surface area is 104 Å². The standard InChI is InChI=1S/C12H16BrNO2/c1-8-5-10(13)7-11(6-8)14-9(2)3-4-12(15)16/h5-7,9,14H,3-4H2,1-2H3,(H,15,16). The molecule has 1 unspecified atom stereocenters. The van der Waals surface area contributed by atoms with Crippen LogP contribution in [-0.4, -0.2) is 17.1 Å². The summed E-state index contributed by atoms with van der Waals surface area (Å²) < 4.78 is 1.03. The Morgan fingerprint density at radius 3 is 2.75 bits per heavy atom. The molecule has 0 aliphatic carbocycles. The Morgan fingerprint density at radius 1 is 1.50 bits per heavy atom. The number of nitrogens with one attached hydrogen (secondary N) is 1. The second-order valence-electron chi connectivity index (χ2n) is 4.00. The molecule has 1 rings (SSSR count). The van der Waals surface area contributed by atoms with Crippen LogP contribution < -0.4 is 5.32 Å². The zero-order chi connectivity index (χ0) is 12.1. The van der Waals surface area contributed by atoms with E-state index in [2.05, 4.69) is 21.2 Å². The Morgan fingerprint density at radius 2 is 2.19 bits per heavy atom. The van der Waals surface area contributed by atoms with E-state index in [1.54, 1.807) is 0 Å². The fraction of sp³-hybridized carbons (Fsp3) is 0.417. The molecule has 1 aromatic carbocycles. The maximum atomic E-state index is 10.4. The molecule has 1 aromatic rings. The van der Waals surface area contributed by atoms with Crippen molar-refractivity contribution in [2.45, 2.75) is 32.7 Å². The lowest BCUT2D eigenvalue weighted by molar-refractivity contribution is -0.137. The van der Waals surface area contributed by atoms with Gasteiger partial charge in [0.15, 0.2) is 0 Å². The van der Waals surface area contributed by atoms with Gasteiger partial charge in [-0.25, -0.2) is 0 Å². The average Bonchev–Trinajstić information content (AvgIpc) is 2.12. The molecule has 0 fully saturated rings. The van der Waals surface area contributed by atoms with Gasteiger partial charge in [0.2, 0.25) is 0 Å². The van der Waals surface area contributed by atoms with Crippen LogP contribution in [0.1, 0.15) is 25.3 Å². The predicted octanol–water partition coefficient (Wildman–Crippen LogP) is 3.42. The van der Waals surface area contributed by atoms with Crippen LogP contribution in [0, 0.1) is 6.92 Å². The lowest BCUT2D eigenvalue weighted by Crippen LogP contribution is -2.16. The van der Waals surface area contributed by atoms with Gasteiger partial charge < -0.3 is 10.4 Å². The molecule has 16 heavy (non-hydrogen) atoms. The molecule has 0 heterocycles. The molecule has 0 bridgehead atoms. The van der Waals surface area contributed by atoms with E-state index < -0.39 is 5.97 Å². The van der Waals surface area contributed by atoms with Gasteiger partial charge in [-0.05, 0) is 44.0 Å². The van der Waals surface area contributed by atoms with E-state index >= 15 is 0 Å². The first-order chi connectivity index (χ1) is 7.47. The van der Waals surface area contributed by atoms with Crippen molar-refractivity contribution in [3.63, 3.8) is 0 Å². The summed E-state index contributed by atoms with van der Waals surface area (Å²) in [5.41, 5.74) is 2.19. The van der Waals surface area contributed by atoms with Crippen molar-refractivity contribution in [3.8, 4) is 0 Å². The third-order valence-corrected chi connectivity index (χ3v) is 2.70. The Kier molecular flexibility index (Phi) is 4.80. The van der Waals surface area contributed by atoms with E-state index in [0.29, 0.717) is 6.42 Å². The number of rotatable bonds is 5. The number of carbonyl (C=O) groups is 1. The summed E-state index contributed by atoms with van der Waals surface area (Å²) >= 11 is 3.43. The molecule has 2 N–H and O–H groups in total. The van der Waals surface area contributed by atoms with Crippen molar-refractivity contribution in [2.75, 3.05) is 5.32 Å². The molecule has 0 saturated carbocycles. The minimum atomic E-state index is -0.751. The molecule has 0 radical (unpaired) electrons. The van der Waals surface area contributed by atoms with E-state index in [4.69, 9.17) is 5.11 Å². The first-order valence-corrected chi connectivity index (χ1v) is 6.02. The van der Waals surface area contributed by atoms with Crippen molar-refractivity contribution in [2.24, 2.45) is 0 Å². The van der Waals surface area contributed by atoms with Gasteiger partial charge in [-0.2, -0.15) is 0 Å². The van der Waals surface area contributed by atoms with Gasteiger partial charge in [0, 0.05) is 22.6 Å². The minimum Gasteiger partial charge on any atom is -0.481 e. The van der Waals surface area contributed by atoms with Crippen LogP contribution >= 0.6 is 15.9 Å². The molecule has 88 valence electrons. The summed E-state index contributed by atoms with van der Waals surface area (Å²) in [6.07, 6.45) is 0.821. The van der Waals surface area contributed by atoms with Crippen molar-refractivity contribution in [1.82, 2.24) is 0 Å². The van der Waals surface area contributed by atoms with Gasteiger partial charge in [-0.3, -0.25) is 4.79 Å². The van der Waals surface area contributed by atoms with E-state index in [9.17, 15) is 4.79 Å². The Hall–Kier alpha value is -1.03. The number of anilines is 1. The second-order valence-corrected chi connectivity index (χ2v) is 4.91. The van der Waals surface area contributed by atoms with Crippen molar-refractivity contribution >= 4 is 27.6 Å². The van der Waals surface area contributed by atoms with E-state index in [-0.39, 0.29) is 12.5 Å². The fourth-order valence-electron chi connectivity index (χ4n) is 1.52. The van der Waals surface area contributed by atoms with Gasteiger partial charge in [0.05, 0.1) is 0 Å². The monoisotopic (exact) mass is 285 g/mol. The zero-order valence-corrected chi connectivity index (χ0v) is 11.0. The molecule has 4 heteroatoms. The molecular formula is C12H16BrNO2. The number of hydrogen-bond donors (Lipinski definition) is 2. The van der Waals surface area contributed by atoms with Crippen molar-refractivity contribution < 1.29 is 9.90 Å². The topological polar surface area (TPSA) is 49.3 Å². The SMILES string of the molecule is Cc1cc(Br)cc(NC(C)CCC(=O)O)c1. The third kappa shape index (κ3) is 4.66. The number of carboxylic acid groups (broad SMARTS) is 1. The summed E-state index contributed by atoms with van der Waals surface area (Å²) in [4.78, 5) is 10.4. The highest BCUT2D eigenvalue weighted by Crippen LogP contribution is 2.20. The quantitative estimate of drug-likeness (QED) is 0.872. The number of carboxylic acids is 1. The smallest absolute Gasteiger partial charge is 0.303 e. The third-order valence-electron chi connectivity index (χ3n) is 2.25. The van der Waals surface area contributed by atoms with Crippen LogP contribution in [0.3, 0.4) is 0 Å². The van der Waals surface area contributed by atoms with Crippen LogP contribution in [0.25, 0.3) is 0 Å². The van der Waals surface area contributed by atoms with Gasteiger partial charge in [-0.15, -0.1) is 0 Å². The number of aliphatic carboxylic acids is 1. The molecule has 0 aliphatic rings. The minimum absolute atomic E-state index is 0.157. The lowest BCUT2D eigenvalue weighted by atomic mass is 10.1. The Bertz CT molecular complexity index is 359. The number of aryl methyl sites for hydroxylation is 1. The lowest BCUT2D eigenvalue weighted by Gasteiger charge is -2.15. The summed E-state index contributed by atoms with van der Waals surface area (Å²) in [5, 5.41) is 11.9. The molecule has 0 aromatic heterocycles. The van der Waals surface area contributed by atoms with E-state index in [0.717, 1.165) is 10.2 Å². The van der Waals surface area contributed by atoms with E-state index in [1.165, 1.54) is 5.56 Å². The van der Waals surface area contributed by atoms with Crippen LogP contribution in [0.5, 0.6) is 0 Å². The van der Waals surface area contributed by atoms with Crippen LogP contribution in [0.2, 0.25) is 0 Å². The molecule has 0 spiro atoms. The summed E-state index contributed by atoms with van der Waals surface area (Å²) in [6.45, 7) is 4.01.